The highest BCUT2D eigenvalue weighted by Gasteiger charge is 2.21. The molecule has 0 N–H and O–H groups in total. The molecular formula is C19H22O2. The van der Waals surface area contributed by atoms with E-state index in [0.29, 0.717) is 6.10 Å². The van der Waals surface area contributed by atoms with Gasteiger partial charge < -0.3 is 9.47 Å². The predicted molar refractivity (Wildman–Crippen MR) is 84.9 cm³/mol. The van der Waals surface area contributed by atoms with Crippen molar-refractivity contribution in [3.8, 4) is 5.75 Å². The Hall–Kier alpha value is -1.80. The Balaban J connectivity index is 1.63. The summed E-state index contributed by atoms with van der Waals surface area (Å²) in [5, 5.41) is 0. The number of ether oxygens (including phenoxy) is 2. The fourth-order valence-electron chi connectivity index (χ4n) is 2.70. The Morgan fingerprint density at radius 2 is 1.76 bits per heavy atom. The van der Waals surface area contributed by atoms with Gasteiger partial charge >= 0.3 is 0 Å². The highest BCUT2D eigenvalue weighted by atomic mass is 16.6. The standard InChI is InChI=1S/C19H22O2/c1-20-18-8-4-5-15(13-18)9-10-16-6-2-3-7-17(16)11-12-19-14-21-19/h2-8,13,19H,9-12,14H2,1H3. The Bertz CT molecular complexity index is 588. The van der Waals surface area contributed by atoms with Gasteiger partial charge in [0.2, 0.25) is 0 Å². The van der Waals surface area contributed by atoms with Crippen LogP contribution in [0.1, 0.15) is 23.1 Å². The molecular weight excluding hydrogens is 260 g/mol. The molecule has 1 atom stereocenters. The lowest BCUT2D eigenvalue weighted by atomic mass is 9.96. The molecule has 1 fully saturated rings. The van der Waals surface area contributed by atoms with Gasteiger partial charge in [0, 0.05) is 0 Å². The minimum atomic E-state index is 0.511. The van der Waals surface area contributed by atoms with E-state index in [2.05, 4.69) is 42.5 Å². The average Bonchev–Trinajstić information content (AvgIpc) is 3.36. The SMILES string of the molecule is COc1cccc(CCc2ccccc2CCC2CO2)c1. The normalized spacial score (nSPS) is 16.7. The van der Waals surface area contributed by atoms with Gasteiger partial charge in [0.25, 0.3) is 0 Å². The van der Waals surface area contributed by atoms with Crippen molar-refractivity contribution < 1.29 is 9.47 Å². The molecule has 1 aliphatic rings. The monoisotopic (exact) mass is 282 g/mol. The first kappa shape index (κ1) is 14.2. The highest BCUT2D eigenvalue weighted by Crippen LogP contribution is 2.21. The molecule has 2 nitrogen and oxygen atoms in total. The Morgan fingerprint density at radius 3 is 2.48 bits per heavy atom. The summed E-state index contributed by atoms with van der Waals surface area (Å²) in [5.41, 5.74) is 4.26. The van der Waals surface area contributed by atoms with Crippen LogP contribution in [0.15, 0.2) is 48.5 Å². The van der Waals surface area contributed by atoms with Crippen molar-refractivity contribution in [2.75, 3.05) is 13.7 Å². The van der Waals surface area contributed by atoms with Gasteiger partial charge in [-0.05, 0) is 54.5 Å². The maximum Gasteiger partial charge on any atom is 0.119 e. The van der Waals surface area contributed by atoms with Gasteiger partial charge in [-0.15, -0.1) is 0 Å². The smallest absolute Gasteiger partial charge is 0.119 e. The lowest BCUT2D eigenvalue weighted by Crippen LogP contribution is -1.99. The molecule has 0 aromatic heterocycles. The van der Waals surface area contributed by atoms with E-state index in [1.165, 1.54) is 16.7 Å². The summed E-state index contributed by atoms with van der Waals surface area (Å²) >= 11 is 0. The Morgan fingerprint density at radius 1 is 1.00 bits per heavy atom. The molecule has 110 valence electrons. The second-order valence-corrected chi connectivity index (χ2v) is 5.61. The number of hydrogen-bond acceptors (Lipinski definition) is 2. The lowest BCUT2D eigenvalue weighted by molar-refractivity contribution is 0.396. The topological polar surface area (TPSA) is 21.8 Å². The molecule has 2 aromatic rings. The molecule has 0 amide bonds. The summed E-state index contributed by atoms with van der Waals surface area (Å²) in [6.07, 6.45) is 4.91. The van der Waals surface area contributed by atoms with Gasteiger partial charge in [0.15, 0.2) is 0 Å². The van der Waals surface area contributed by atoms with Crippen LogP contribution in [-0.2, 0) is 24.0 Å². The molecule has 0 saturated carbocycles. The van der Waals surface area contributed by atoms with Crippen molar-refractivity contribution in [1.82, 2.24) is 0 Å². The maximum atomic E-state index is 5.31. The quantitative estimate of drug-likeness (QED) is 0.720. The minimum absolute atomic E-state index is 0.511. The molecule has 2 heteroatoms. The second kappa shape index (κ2) is 6.77. The second-order valence-electron chi connectivity index (χ2n) is 5.61. The van der Waals surface area contributed by atoms with Gasteiger partial charge in [0.05, 0.1) is 19.8 Å². The molecule has 0 aliphatic carbocycles. The zero-order valence-electron chi connectivity index (χ0n) is 12.5. The zero-order chi connectivity index (χ0) is 14.5. The number of benzene rings is 2. The van der Waals surface area contributed by atoms with E-state index in [9.17, 15) is 0 Å². The van der Waals surface area contributed by atoms with E-state index in [0.717, 1.165) is 38.0 Å². The summed E-state index contributed by atoms with van der Waals surface area (Å²) in [5.74, 6) is 0.937. The number of rotatable bonds is 7. The average molecular weight is 282 g/mol. The largest absolute Gasteiger partial charge is 0.497 e. The fourth-order valence-corrected chi connectivity index (χ4v) is 2.70. The third-order valence-corrected chi connectivity index (χ3v) is 4.07. The molecule has 0 spiro atoms. The molecule has 0 radical (unpaired) electrons. The van der Waals surface area contributed by atoms with Crippen LogP contribution < -0.4 is 4.74 Å². The van der Waals surface area contributed by atoms with Crippen LogP contribution in [0, 0.1) is 0 Å². The number of epoxide rings is 1. The van der Waals surface area contributed by atoms with Crippen LogP contribution >= 0.6 is 0 Å². The van der Waals surface area contributed by atoms with Crippen molar-refractivity contribution in [1.29, 1.82) is 0 Å². The molecule has 21 heavy (non-hydrogen) atoms. The molecule has 1 aliphatic heterocycles. The van der Waals surface area contributed by atoms with E-state index in [1.54, 1.807) is 7.11 Å². The van der Waals surface area contributed by atoms with Crippen LogP contribution in [0.4, 0.5) is 0 Å². The summed E-state index contributed by atoms with van der Waals surface area (Å²) in [6.45, 7) is 0.950. The van der Waals surface area contributed by atoms with E-state index in [4.69, 9.17) is 9.47 Å². The Kier molecular flexibility index (Phi) is 4.56. The first-order valence-corrected chi connectivity index (χ1v) is 7.66. The van der Waals surface area contributed by atoms with Crippen LogP contribution in [0.3, 0.4) is 0 Å². The van der Waals surface area contributed by atoms with Crippen LogP contribution in [-0.4, -0.2) is 19.8 Å². The fraction of sp³-hybridized carbons (Fsp3) is 0.368. The van der Waals surface area contributed by atoms with E-state index < -0.39 is 0 Å². The van der Waals surface area contributed by atoms with Gasteiger partial charge in [-0.2, -0.15) is 0 Å². The van der Waals surface area contributed by atoms with Crippen LogP contribution in [0.5, 0.6) is 5.75 Å². The van der Waals surface area contributed by atoms with Crippen molar-refractivity contribution in [3.63, 3.8) is 0 Å². The predicted octanol–water partition coefficient (Wildman–Crippen LogP) is 3.81. The summed E-state index contributed by atoms with van der Waals surface area (Å²) < 4.78 is 10.6. The lowest BCUT2D eigenvalue weighted by Gasteiger charge is -2.09. The number of hydrogen-bond donors (Lipinski definition) is 0. The number of aryl methyl sites for hydroxylation is 3. The maximum absolute atomic E-state index is 5.31. The number of methoxy groups -OCH3 is 1. The third-order valence-electron chi connectivity index (χ3n) is 4.07. The van der Waals surface area contributed by atoms with Gasteiger partial charge in [-0.3, -0.25) is 0 Å². The van der Waals surface area contributed by atoms with Crippen LogP contribution in [0.2, 0.25) is 0 Å². The van der Waals surface area contributed by atoms with Crippen molar-refractivity contribution in [2.45, 2.75) is 31.8 Å². The molecule has 1 heterocycles. The third kappa shape index (κ3) is 4.08. The first-order chi connectivity index (χ1) is 10.3. The van der Waals surface area contributed by atoms with Crippen molar-refractivity contribution in [3.05, 3.63) is 65.2 Å². The van der Waals surface area contributed by atoms with Crippen LogP contribution in [0.25, 0.3) is 0 Å². The summed E-state index contributed by atoms with van der Waals surface area (Å²) in [6, 6.07) is 17.1. The van der Waals surface area contributed by atoms with E-state index in [1.807, 2.05) is 6.07 Å². The molecule has 2 aromatic carbocycles. The first-order valence-electron chi connectivity index (χ1n) is 7.66. The van der Waals surface area contributed by atoms with E-state index in [-0.39, 0.29) is 0 Å². The molecule has 1 saturated heterocycles. The van der Waals surface area contributed by atoms with Gasteiger partial charge in [0.1, 0.15) is 5.75 Å². The highest BCUT2D eigenvalue weighted by molar-refractivity contribution is 5.31. The molecule has 1 unspecified atom stereocenters. The Labute approximate surface area is 126 Å². The van der Waals surface area contributed by atoms with Gasteiger partial charge in [-0.25, -0.2) is 0 Å². The van der Waals surface area contributed by atoms with Gasteiger partial charge in [-0.1, -0.05) is 36.4 Å². The molecule has 3 rings (SSSR count). The van der Waals surface area contributed by atoms with Crippen molar-refractivity contribution in [2.24, 2.45) is 0 Å². The molecule has 0 bridgehead atoms. The zero-order valence-corrected chi connectivity index (χ0v) is 12.5. The van der Waals surface area contributed by atoms with E-state index >= 15 is 0 Å². The van der Waals surface area contributed by atoms with Crippen molar-refractivity contribution >= 4 is 0 Å². The summed E-state index contributed by atoms with van der Waals surface area (Å²) in [7, 11) is 1.72. The summed E-state index contributed by atoms with van der Waals surface area (Å²) in [4.78, 5) is 0. The minimum Gasteiger partial charge on any atom is -0.497 e.